The first-order valence-electron chi connectivity index (χ1n) is 5.59. The van der Waals surface area contributed by atoms with Gasteiger partial charge in [0.25, 0.3) is 0 Å². The standard InChI is InChI=1S/C13H16N2OS/c1-9-7-15-13(17-9)10(2)14-8-11-3-5-12(16)6-4-11/h3-7,10,14,16H,8H2,1-2H3. The zero-order valence-electron chi connectivity index (χ0n) is 9.97. The first-order chi connectivity index (χ1) is 8.15. The van der Waals surface area contributed by atoms with Crippen molar-refractivity contribution in [2.24, 2.45) is 0 Å². The molecule has 1 unspecified atom stereocenters. The van der Waals surface area contributed by atoms with E-state index in [2.05, 4.69) is 24.1 Å². The molecule has 1 aromatic carbocycles. The van der Waals surface area contributed by atoms with Crippen LogP contribution in [0.5, 0.6) is 5.75 Å². The Labute approximate surface area is 105 Å². The van der Waals surface area contributed by atoms with Crippen LogP contribution in [-0.4, -0.2) is 10.1 Å². The number of hydrogen-bond acceptors (Lipinski definition) is 4. The zero-order valence-corrected chi connectivity index (χ0v) is 10.8. The molecular formula is C13H16N2OS. The molecule has 0 saturated carbocycles. The monoisotopic (exact) mass is 248 g/mol. The van der Waals surface area contributed by atoms with Crippen LogP contribution in [0.4, 0.5) is 0 Å². The van der Waals surface area contributed by atoms with Gasteiger partial charge in [0.15, 0.2) is 0 Å². The SMILES string of the molecule is Cc1cnc(C(C)NCc2ccc(O)cc2)s1. The third kappa shape index (κ3) is 3.28. The molecule has 17 heavy (non-hydrogen) atoms. The number of nitrogens with zero attached hydrogens (tertiary/aromatic N) is 1. The number of aryl methyl sites for hydroxylation is 1. The van der Waals surface area contributed by atoms with E-state index in [0.717, 1.165) is 17.1 Å². The molecule has 1 heterocycles. The maximum Gasteiger partial charge on any atom is 0.115 e. The molecule has 90 valence electrons. The highest BCUT2D eigenvalue weighted by Gasteiger charge is 2.08. The number of thiazole rings is 1. The van der Waals surface area contributed by atoms with Crippen LogP contribution in [0, 0.1) is 6.92 Å². The number of rotatable bonds is 4. The fraction of sp³-hybridized carbons (Fsp3) is 0.308. The van der Waals surface area contributed by atoms with E-state index in [0.29, 0.717) is 5.75 Å². The summed E-state index contributed by atoms with van der Waals surface area (Å²) in [6, 6.07) is 7.50. The maximum absolute atomic E-state index is 9.19. The van der Waals surface area contributed by atoms with Gasteiger partial charge in [-0.2, -0.15) is 0 Å². The molecule has 0 amide bonds. The molecule has 0 aliphatic rings. The average Bonchev–Trinajstić information content (AvgIpc) is 2.75. The Hall–Kier alpha value is -1.39. The van der Waals surface area contributed by atoms with Gasteiger partial charge in [-0.1, -0.05) is 12.1 Å². The molecule has 3 nitrogen and oxygen atoms in total. The van der Waals surface area contributed by atoms with Crippen molar-refractivity contribution in [3.63, 3.8) is 0 Å². The van der Waals surface area contributed by atoms with Crippen molar-refractivity contribution in [2.45, 2.75) is 26.4 Å². The molecule has 0 fully saturated rings. The van der Waals surface area contributed by atoms with Crippen molar-refractivity contribution in [1.29, 1.82) is 0 Å². The zero-order chi connectivity index (χ0) is 12.3. The topological polar surface area (TPSA) is 45.2 Å². The van der Waals surface area contributed by atoms with Gasteiger partial charge in [-0.15, -0.1) is 11.3 Å². The van der Waals surface area contributed by atoms with Crippen molar-refractivity contribution in [3.05, 3.63) is 45.9 Å². The Balaban J connectivity index is 1.92. The van der Waals surface area contributed by atoms with Crippen molar-refractivity contribution >= 4 is 11.3 Å². The van der Waals surface area contributed by atoms with Gasteiger partial charge < -0.3 is 10.4 Å². The number of aromatic nitrogens is 1. The van der Waals surface area contributed by atoms with E-state index in [-0.39, 0.29) is 6.04 Å². The molecule has 1 aromatic heterocycles. The quantitative estimate of drug-likeness (QED) is 0.874. The van der Waals surface area contributed by atoms with Gasteiger partial charge >= 0.3 is 0 Å². The molecule has 0 bridgehead atoms. The van der Waals surface area contributed by atoms with Gasteiger partial charge in [-0.3, -0.25) is 0 Å². The summed E-state index contributed by atoms with van der Waals surface area (Å²) in [5.41, 5.74) is 1.16. The highest BCUT2D eigenvalue weighted by atomic mass is 32.1. The van der Waals surface area contributed by atoms with Crippen molar-refractivity contribution in [3.8, 4) is 5.75 Å². The molecule has 0 radical (unpaired) electrons. The van der Waals surface area contributed by atoms with Gasteiger partial charge in [0.05, 0.1) is 6.04 Å². The van der Waals surface area contributed by atoms with Crippen LogP contribution in [0.25, 0.3) is 0 Å². The number of hydrogen-bond donors (Lipinski definition) is 2. The number of phenols is 1. The van der Waals surface area contributed by atoms with Gasteiger partial charge in [0.1, 0.15) is 10.8 Å². The lowest BCUT2D eigenvalue weighted by Gasteiger charge is -2.11. The summed E-state index contributed by atoms with van der Waals surface area (Å²) < 4.78 is 0. The Morgan fingerprint density at radius 2 is 2.06 bits per heavy atom. The van der Waals surface area contributed by atoms with E-state index in [1.165, 1.54) is 4.88 Å². The summed E-state index contributed by atoms with van der Waals surface area (Å²) >= 11 is 1.72. The lowest BCUT2D eigenvalue weighted by Crippen LogP contribution is -2.17. The molecule has 1 atom stereocenters. The molecule has 2 N–H and O–H groups in total. The van der Waals surface area contributed by atoms with Gasteiger partial charge in [-0.05, 0) is 31.5 Å². The van der Waals surface area contributed by atoms with Crippen LogP contribution in [0.15, 0.2) is 30.5 Å². The van der Waals surface area contributed by atoms with E-state index in [9.17, 15) is 5.11 Å². The van der Waals surface area contributed by atoms with Gasteiger partial charge in [0.2, 0.25) is 0 Å². The van der Waals surface area contributed by atoms with Crippen LogP contribution < -0.4 is 5.32 Å². The summed E-state index contributed by atoms with van der Waals surface area (Å²) in [6.45, 7) is 4.95. The molecule has 0 spiro atoms. The van der Waals surface area contributed by atoms with Crippen LogP contribution in [-0.2, 0) is 6.54 Å². The van der Waals surface area contributed by atoms with E-state index in [4.69, 9.17) is 0 Å². The predicted molar refractivity (Wildman–Crippen MR) is 70.2 cm³/mol. The molecule has 4 heteroatoms. The second-order valence-electron chi connectivity index (χ2n) is 4.08. The van der Waals surface area contributed by atoms with Crippen LogP contribution in [0.2, 0.25) is 0 Å². The van der Waals surface area contributed by atoms with E-state index in [1.54, 1.807) is 23.5 Å². The minimum atomic E-state index is 0.252. The Kier molecular flexibility index (Phi) is 3.76. The maximum atomic E-state index is 9.19. The minimum absolute atomic E-state index is 0.252. The van der Waals surface area contributed by atoms with Crippen molar-refractivity contribution in [1.82, 2.24) is 10.3 Å². The van der Waals surface area contributed by atoms with Crippen LogP contribution in [0.1, 0.15) is 28.4 Å². The Bertz CT molecular complexity index is 478. The summed E-state index contributed by atoms with van der Waals surface area (Å²) in [5.74, 6) is 0.303. The molecule has 0 saturated heterocycles. The second kappa shape index (κ2) is 5.29. The smallest absolute Gasteiger partial charge is 0.115 e. The Morgan fingerprint density at radius 1 is 1.35 bits per heavy atom. The fourth-order valence-corrected chi connectivity index (χ4v) is 2.35. The van der Waals surface area contributed by atoms with E-state index in [1.807, 2.05) is 18.3 Å². The number of aromatic hydroxyl groups is 1. The van der Waals surface area contributed by atoms with Crippen molar-refractivity contribution in [2.75, 3.05) is 0 Å². The Morgan fingerprint density at radius 3 is 2.65 bits per heavy atom. The number of nitrogens with one attached hydrogen (secondary N) is 1. The van der Waals surface area contributed by atoms with Crippen LogP contribution in [0.3, 0.4) is 0 Å². The highest BCUT2D eigenvalue weighted by Crippen LogP contribution is 2.19. The van der Waals surface area contributed by atoms with E-state index >= 15 is 0 Å². The lowest BCUT2D eigenvalue weighted by molar-refractivity contribution is 0.474. The lowest BCUT2D eigenvalue weighted by atomic mass is 10.2. The second-order valence-corrected chi connectivity index (χ2v) is 5.34. The molecule has 2 aromatic rings. The summed E-state index contributed by atoms with van der Waals surface area (Å²) in [6.07, 6.45) is 1.90. The molecule has 0 aliphatic carbocycles. The van der Waals surface area contributed by atoms with Gasteiger partial charge in [-0.25, -0.2) is 4.98 Å². The molecule has 2 rings (SSSR count). The first-order valence-corrected chi connectivity index (χ1v) is 6.40. The third-order valence-corrected chi connectivity index (χ3v) is 3.65. The first kappa shape index (κ1) is 12.1. The minimum Gasteiger partial charge on any atom is -0.508 e. The molecular weight excluding hydrogens is 232 g/mol. The molecule has 0 aliphatic heterocycles. The normalized spacial score (nSPS) is 12.6. The summed E-state index contributed by atoms with van der Waals surface area (Å²) in [4.78, 5) is 5.59. The highest BCUT2D eigenvalue weighted by molar-refractivity contribution is 7.11. The largest absolute Gasteiger partial charge is 0.508 e. The third-order valence-electron chi connectivity index (χ3n) is 2.56. The van der Waals surface area contributed by atoms with Crippen LogP contribution >= 0.6 is 11.3 Å². The fourth-order valence-electron chi connectivity index (χ4n) is 1.54. The van der Waals surface area contributed by atoms with Gasteiger partial charge in [0, 0.05) is 17.6 Å². The number of phenolic OH excluding ortho intramolecular Hbond substituents is 1. The number of benzene rings is 1. The summed E-state index contributed by atoms with van der Waals surface area (Å²) in [7, 11) is 0. The van der Waals surface area contributed by atoms with Crippen molar-refractivity contribution < 1.29 is 5.11 Å². The van der Waals surface area contributed by atoms with E-state index < -0.39 is 0 Å². The predicted octanol–water partition coefficient (Wildman–Crippen LogP) is 3.01. The summed E-state index contributed by atoms with van der Waals surface area (Å²) in [5, 5.41) is 13.7. The average molecular weight is 248 g/mol.